The van der Waals surface area contributed by atoms with Crippen molar-refractivity contribution < 1.29 is 13.9 Å². The van der Waals surface area contributed by atoms with Crippen LogP contribution in [0.25, 0.3) is 0 Å². The maximum atomic E-state index is 13.8. The van der Waals surface area contributed by atoms with E-state index in [1.54, 1.807) is 32.4 Å². The summed E-state index contributed by atoms with van der Waals surface area (Å²) < 4.78 is 26.7. The lowest BCUT2D eigenvalue weighted by molar-refractivity contribution is 0.177. The molecule has 2 atom stereocenters. The van der Waals surface area contributed by atoms with E-state index < -0.39 is 0 Å². The van der Waals surface area contributed by atoms with Crippen LogP contribution in [0.4, 0.5) is 4.39 Å². The number of guanidine groups is 1. The van der Waals surface area contributed by atoms with Gasteiger partial charge in [-0.1, -0.05) is 19.1 Å². The Morgan fingerprint density at radius 1 is 1.41 bits per heavy atom. The molecule has 0 amide bonds. The van der Waals surface area contributed by atoms with Crippen molar-refractivity contribution in [2.24, 2.45) is 4.99 Å². The molecule has 9 heteroatoms. The minimum absolute atomic E-state index is 0.171. The average molecular weight is 404 g/mol. The number of hydrogen-bond acceptors (Lipinski definition) is 5. The molecule has 0 aliphatic carbocycles. The number of fused-ring (bicyclic) bond motifs is 1. The molecule has 1 aliphatic rings. The predicted octanol–water partition coefficient (Wildman–Crippen LogP) is 1.90. The summed E-state index contributed by atoms with van der Waals surface area (Å²) >= 11 is 0. The van der Waals surface area contributed by atoms with Gasteiger partial charge in [0.1, 0.15) is 18.5 Å². The molecule has 2 heterocycles. The van der Waals surface area contributed by atoms with Gasteiger partial charge in [0.2, 0.25) is 0 Å². The van der Waals surface area contributed by atoms with Crippen molar-refractivity contribution in [2.45, 2.75) is 51.5 Å². The van der Waals surface area contributed by atoms with Gasteiger partial charge in [-0.3, -0.25) is 4.99 Å². The summed E-state index contributed by atoms with van der Waals surface area (Å²) in [5, 5.41) is 11.2. The van der Waals surface area contributed by atoms with Crippen LogP contribution in [0.1, 0.15) is 31.4 Å². The van der Waals surface area contributed by atoms with E-state index in [4.69, 9.17) is 9.47 Å². The number of aliphatic imine (C=N–C) groups is 1. The summed E-state index contributed by atoms with van der Waals surface area (Å²) in [6, 6.07) is 6.64. The molecular weight excluding hydrogens is 375 g/mol. The van der Waals surface area contributed by atoms with E-state index in [2.05, 4.69) is 25.7 Å². The number of aryl methyl sites for hydroxylation is 1. The smallest absolute Gasteiger partial charge is 0.191 e. The highest BCUT2D eigenvalue weighted by molar-refractivity contribution is 5.80. The van der Waals surface area contributed by atoms with Gasteiger partial charge in [-0.25, -0.2) is 14.1 Å². The zero-order valence-electron chi connectivity index (χ0n) is 17.2. The second-order valence-corrected chi connectivity index (χ2v) is 6.97. The first-order valence-corrected chi connectivity index (χ1v) is 9.92. The van der Waals surface area contributed by atoms with Crippen LogP contribution in [0, 0.1) is 5.82 Å². The number of methoxy groups -OCH3 is 1. The highest BCUT2D eigenvalue weighted by Gasteiger charge is 2.22. The van der Waals surface area contributed by atoms with Crippen LogP contribution in [0.5, 0.6) is 5.75 Å². The highest BCUT2D eigenvalue weighted by Crippen LogP contribution is 2.18. The Bertz CT molecular complexity index is 825. The fourth-order valence-corrected chi connectivity index (χ4v) is 3.26. The fraction of sp³-hybridized carbons (Fsp3) is 0.550. The largest absolute Gasteiger partial charge is 0.486 e. The third kappa shape index (κ3) is 5.66. The number of aromatic nitrogens is 3. The van der Waals surface area contributed by atoms with Gasteiger partial charge in [0.15, 0.2) is 23.4 Å². The van der Waals surface area contributed by atoms with E-state index in [1.165, 1.54) is 6.07 Å². The fourth-order valence-electron chi connectivity index (χ4n) is 3.26. The molecule has 2 N–H and O–H groups in total. The van der Waals surface area contributed by atoms with Gasteiger partial charge in [-0.15, -0.1) is 0 Å². The number of nitrogens with one attached hydrogen (secondary N) is 2. The molecule has 29 heavy (non-hydrogen) atoms. The second kappa shape index (κ2) is 10.2. The Balaban J connectivity index is 1.51. The zero-order valence-corrected chi connectivity index (χ0v) is 17.2. The number of para-hydroxylation sites is 1. The van der Waals surface area contributed by atoms with Crippen molar-refractivity contribution in [3.8, 4) is 5.75 Å². The lowest BCUT2D eigenvalue weighted by Gasteiger charge is -2.26. The van der Waals surface area contributed by atoms with Crippen molar-refractivity contribution in [2.75, 3.05) is 20.7 Å². The van der Waals surface area contributed by atoms with Crippen molar-refractivity contribution >= 4 is 5.96 Å². The number of rotatable bonds is 8. The van der Waals surface area contributed by atoms with Gasteiger partial charge in [-0.2, -0.15) is 5.10 Å². The monoisotopic (exact) mass is 404 g/mol. The summed E-state index contributed by atoms with van der Waals surface area (Å²) in [7, 11) is 3.37. The Labute approximate surface area is 170 Å². The molecule has 3 rings (SSSR count). The molecule has 0 radical (unpaired) electrons. The first-order valence-electron chi connectivity index (χ1n) is 9.92. The van der Waals surface area contributed by atoms with Crippen LogP contribution < -0.4 is 15.4 Å². The van der Waals surface area contributed by atoms with E-state index in [9.17, 15) is 4.39 Å². The standard InChI is InChI=1S/C20H29FN6O2/c1-4-15(29-17-8-6-5-7-16(17)21)11-23-20(22-2)24-14-9-10-19-25-18(13-28-3)26-27(19)12-14/h5-8,14-15H,4,9-13H2,1-3H3,(H2,22,23,24). The van der Waals surface area contributed by atoms with Crippen molar-refractivity contribution in [3.63, 3.8) is 0 Å². The number of ether oxygens (including phenoxy) is 2. The van der Waals surface area contributed by atoms with E-state index in [0.717, 1.165) is 31.6 Å². The summed E-state index contributed by atoms with van der Waals surface area (Å²) in [5.41, 5.74) is 0. The minimum Gasteiger partial charge on any atom is -0.486 e. The molecule has 0 spiro atoms. The first kappa shape index (κ1) is 21.0. The lowest BCUT2D eigenvalue weighted by atomic mass is 10.1. The number of nitrogens with zero attached hydrogens (tertiary/aromatic N) is 4. The van der Waals surface area contributed by atoms with Gasteiger partial charge in [0.25, 0.3) is 0 Å². The lowest BCUT2D eigenvalue weighted by Crippen LogP contribution is -2.49. The molecule has 0 fully saturated rings. The highest BCUT2D eigenvalue weighted by atomic mass is 19.1. The Morgan fingerprint density at radius 2 is 2.24 bits per heavy atom. The zero-order chi connectivity index (χ0) is 20.6. The van der Waals surface area contributed by atoms with Crippen molar-refractivity contribution in [3.05, 3.63) is 41.7 Å². The molecule has 1 aromatic heterocycles. The quantitative estimate of drug-likeness (QED) is 0.516. The predicted molar refractivity (Wildman–Crippen MR) is 108 cm³/mol. The number of benzene rings is 1. The molecule has 1 aromatic carbocycles. The third-order valence-electron chi connectivity index (χ3n) is 4.82. The van der Waals surface area contributed by atoms with Crippen LogP contribution in [-0.4, -0.2) is 53.6 Å². The van der Waals surface area contributed by atoms with Gasteiger partial charge in [-0.05, 0) is 25.0 Å². The maximum absolute atomic E-state index is 13.8. The maximum Gasteiger partial charge on any atom is 0.191 e. The Kier molecular flexibility index (Phi) is 7.40. The van der Waals surface area contributed by atoms with Crippen LogP contribution in [0.15, 0.2) is 29.3 Å². The molecule has 1 aliphatic heterocycles. The van der Waals surface area contributed by atoms with Crippen molar-refractivity contribution in [1.82, 2.24) is 25.4 Å². The van der Waals surface area contributed by atoms with Gasteiger partial charge in [0.05, 0.1) is 13.1 Å². The summed E-state index contributed by atoms with van der Waals surface area (Å²) in [5.74, 6) is 2.30. The Hall–Kier alpha value is -2.68. The summed E-state index contributed by atoms with van der Waals surface area (Å²) in [6.45, 7) is 3.66. The molecular formula is C20H29FN6O2. The first-order chi connectivity index (χ1) is 14.1. The minimum atomic E-state index is -0.354. The third-order valence-corrected chi connectivity index (χ3v) is 4.82. The molecule has 8 nitrogen and oxygen atoms in total. The van der Waals surface area contributed by atoms with Gasteiger partial charge >= 0.3 is 0 Å². The van der Waals surface area contributed by atoms with Crippen LogP contribution in [0.3, 0.4) is 0 Å². The van der Waals surface area contributed by atoms with Gasteiger partial charge < -0.3 is 20.1 Å². The normalized spacial score (nSPS) is 17.5. The molecule has 0 saturated carbocycles. The summed E-state index contributed by atoms with van der Waals surface area (Å²) in [6.07, 6.45) is 2.36. The Morgan fingerprint density at radius 3 is 2.97 bits per heavy atom. The average Bonchev–Trinajstić information content (AvgIpc) is 3.13. The van der Waals surface area contributed by atoms with Crippen molar-refractivity contribution in [1.29, 1.82) is 0 Å². The van der Waals surface area contributed by atoms with Crippen LogP contribution in [0.2, 0.25) is 0 Å². The molecule has 158 valence electrons. The summed E-state index contributed by atoms with van der Waals surface area (Å²) in [4.78, 5) is 8.80. The molecule has 0 bridgehead atoms. The SMILES string of the molecule is CCC(CNC(=NC)NC1CCc2nc(COC)nn2C1)Oc1ccccc1F. The van der Waals surface area contributed by atoms with E-state index in [0.29, 0.717) is 24.9 Å². The van der Waals surface area contributed by atoms with Crippen LogP contribution in [-0.2, 0) is 24.3 Å². The second-order valence-electron chi connectivity index (χ2n) is 6.97. The topological polar surface area (TPSA) is 85.6 Å². The molecule has 0 saturated heterocycles. The van der Waals surface area contributed by atoms with E-state index in [-0.39, 0.29) is 23.7 Å². The number of halogens is 1. The van der Waals surface area contributed by atoms with Crippen LogP contribution >= 0.6 is 0 Å². The molecule has 2 unspecified atom stereocenters. The van der Waals surface area contributed by atoms with Gasteiger partial charge in [0, 0.05) is 26.6 Å². The van der Waals surface area contributed by atoms with E-state index in [1.807, 2.05) is 11.6 Å². The molecule has 2 aromatic rings. The number of hydrogen-bond donors (Lipinski definition) is 2. The van der Waals surface area contributed by atoms with E-state index >= 15 is 0 Å².